The van der Waals surface area contributed by atoms with Crippen LogP contribution < -0.4 is 15.5 Å². The quantitative estimate of drug-likeness (QED) is 0.662. The number of nitrogens with one attached hydrogen (secondary N) is 3. The van der Waals surface area contributed by atoms with Gasteiger partial charge in [0.1, 0.15) is 19.6 Å². The molecule has 2 aromatic rings. The van der Waals surface area contributed by atoms with Crippen molar-refractivity contribution in [2.75, 3.05) is 38.2 Å². The first-order valence-electron chi connectivity index (χ1n) is 9.96. The minimum atomic E-state index is -0.510. The molecule has 7 heteroatoms. The van der Waals surface area contributed by atoms with E-state index >= 15 is 0 Å². The zero-order chi connectivity index (χ0) is 20.5. The second-order valence-corrected chi connectivity index (χ2v) is 6.91. The number of carbonyl (C=O) groups is 2. The summed E-state index contributed by atoms with van der Waals surface area (Å²) in [6.45, 7) is 7.07. The van der Waals surface area contributed by atoms with Crippen LogP contribution in [0.3, 0.4) is 0 Å². The number of hydrogen-bond acceptors (Lipinski definition) is 4. The predicted molar refractivity (Wildman–Crippen MR) is 110 cm³/mol. The number of hydrogen-bond donors (Lipinski definition) is 3. The molecule has 154 valence electrons. The fourth-order valence-electron chi connectivity index (χ4n) is 3.28. The molecule has 1 aliphatic rings. The molecular formula is C22H28N3O4+. The SMILES string of the molecule is CCOC(=O)Nc1ccc(C(=O)NCc2ccccc2C[NH+]2CCOCC2)cc1. The van der Waals surface area contributed by atoms with Crippen molar-refractivity contribution >= 4 is 17.7 Å². The monoisotopic (exact) mass is 398 g/mol. The van der Waals surface area contributed by atoms with Crippen LogP contribution in [0.4, 0.5) is 10.5 Å². The topological polar surface area (TPSA) is 81.1 Å². The van der Waals surface area contributed by atoms with Gasteiger partial charge in [-0.3, -0.25) is 10.1 Å². The minimum Gasteiger partial charge on any atom is -0.450 e. The lowest BCUT2D eigenvalue weighted by Gasteiger charge is -2.24. The van der Waals surface area contributed by atoms with E-state index in [0.717, 1.165) is 38.4 Å². The third kappa shape index (κ3) is 6.30. The molecule has 29 heavy (non-hydrogen) atoms. The maximum Gasteiger partial charge on any atom is 0.411 e. The van der Waals surface area contributed by atoms with Crippen LogP contribution in [0.1, 0.15) is 28.4 Å². The maximum absolute atomic E-state index is 12.5. The summed E-state index contributed by atoms with van der Waals surface area (Å²) in [6, 6.07) is 14.9. The molecule has 7 nitrogen and oxygen atoms in total. The highest BCUT2D eigenvalue weighted by Gasteiger charge is 2.16. The van der Waals surface area contributed by atoms with Gasteiger partial charge >= 0.3 is 6.09 Å². The molecule has 0 bridgehead atoms. The summed E-state index contributed by atoms with van der Waals surface area (Å²) in [5, 5.41) is 5.60. The first-order chi connectivity index (χ1) is 14.2. The third-order valence-electron chi connectivity index (χ3n) is 4.87. The van der Waals surface area contributed by atoms with E-state index in [1.807, 2.05) is 12.1 Å². The van der Waals surface area contributed by atoms with Gasteiger partial charge in [0.15, 0.2) is 0 Å². The molecule has 3 N–H and O–H groups in total. The largest absolute Gasteiger partial charge is 0.450 e. The van der Waals surface area contributed by atoms with Gasteiger partial charge in [-0.2, -0.15) is 0 Å². The van der Waals surface area contributed by atoms with Gasteiger partial charge in [0.25, 0.3) is 5.91 Å². The fraction of sp³-hybridized carbons (Fsp3) is 0.364. The van der Waals surface area contributed by atoms with Gasteiger partial charge in [-0.05, 0) is 36.8 Å². The summed E-state index contributed by atoms with van der Waals surface area (Å²) in [6.07, 6.45) is -0.510. The third-order valence-corrected chi connectivity index (χ3v) is 4.87. The summed E-state index contributed by atoms with van der Waals surface area (Å²) in [7, 11) is 0. The number of rotatable bonds is 7. The average molecular weight is 398 g/mol. The highest BCUT2D eigenvalue weighted by atomic mass is 16.5. The summed E-state index contributed by atoms with van der Waals surface area (Å²) in [5.74, 6) is -0.152. The van der Waals surface area contributed by atoms with E-state index in [2.05, 4.69) is 22.8 Å². The first-order valence-corrected chi connectivity index (χ1v) is 9.96. The lowest BCUT2D eigenvalue weighted by Crippen LogP contribution is -3.12. The van der Waals surface area contributed by atoms with E-state index in [-0.39, 0.29) is 5.91 Å². The van der Waals surface area contributed by atoms with E-state index in [0.29, 0.717) is 24.4 Å². The first kappa shape index (κ1) is 20.8. The van der Waals surface area contributed by atoms with Crippen LogP contribution in [-0.2, 0) is 22.6 Å². The second-order valence-electron chi connectivity index (χ2n) is 6.91. The van der Waals surface area contributed by atoms with Crippen LogP contribution in [-0.4, -0.2) is 44.9 Å². The molecule has 0 spiro atoms. The molecule has 3 rings (SSSR count). The van der Waals surface area contributed by atoms with Gasteiger partial charge in [0.2, 0.25) is 0 Å². The van der Waals surface area contributed by atoms with Crippen LogP contribution in [0.15, 0.2) is 48.5 Å². The highest BCUT2D eigenvalue weighted by molar-refractivity contribution is 5.95. The molecule has 0 radical (unpaired) electrons. The van der Waals surface area contributed by atoms with Gasteiger partial charge in [0, 0.05) is 23.4 Å². The Kier molecular flexibility index (Phi) is 7.61. The van der Waals surface area contributed by atoms with Gasteiger partial charge < -0.3 is 19.7 Å². The zero-order valence-corrected chi connectivity index (χ0v) is 16.7. The maximum atomic E-state index is 12.5. The van der Waals surface area contributed by atoms with Gasteiger partial charge in [0.05, 0.1) is 19.8 Å². The van der Waals surface area contributed by atoms with Crippen molar-refractivity contribution in [2.24, 2.45) is 0 Å². The number of benzene rings is 2. The van der Waals surface area contributed by atoms with Gasteiger partial charge in [-0.15, -0.1) is 0 Å². The molecule has 2 amide bonds. The van der Waals surface area contributed by atoms with Crippen LogP contribution in [0, 0.1) is 0 Å². The Morgan fingerprint density at radius 3 is 2.41 bits per heavy atom. The normalized spacial score (nSPS) is 14.2. The van der Waals surface area contributed by atoms with Gasteiger partial charge in [-0.25, -0.2) is 4.79 Å². The smallest absolute Gasteiger partial charge is 0.411 e. The molecule has 0 unspecified atom stereocenters. The highest BCUT2D eigenvalue weighted by Crippen LogP contribution is 2.11. The number of quaternary nitrogens is 1. The van der Waals surface area contributed by atoms with Crippen LogP contribution >= 0.6 is 0 Å². The number of carbonyl (C=O) groups excluding carboxylic acids is 2. The van der Waals surface area contributed by atoms with Crippen LogP contribution in [0.2, 0.25) is 0 Å². The molecule has 1 heterocycles. The van der Waals surface area contributed by atoms with E-state index in [4.69, 9.17) is 9.47 Å². The van der Waals surface area contributed by atoms with Crippen molar-refractivity contribution < 1.29 is 24.0 Å². The van der Waals surface area contributed by atoms with Crippen molar-refractivity contribution in [3.63, 3.8) is 0 Å². The molecule has 2 aromatic carbocycles. The Morgan fingerprint density at radius 2 is 1.72 bits per heavy atom. The van der Waals surface area contributed by atoms with E-state index < -0.39 is 6.09 Å². The predicted octanol–water partition coefficient (Wildman–Crippen LogP) is 1.60. The Bertz CT molecular complexity index is 817. The Balaban J connectivity index is 1.55. The lowest BCUT2D eigenvalue weighted by molar-refractivity contribution is -0.921. The van der Waals surface area contributed by atoms with Crippen LogP contribution in [0.5, 0.6) is 0 Å². The molecule has 1 fully saturated rings. The van der Waals surface area contributed by atoms with Crippen molar-refractivity contribution in [1.29, 1.82) is 0 Å². The van der Waals surface area contributed by atoms with Crippen LogP contribution in [0.25, 0.3) is 0 Å². The molecular weight excluding hydrogens is 370 g/mol. The van der Waals surface area contributed by atoms with Crippen molar-refractivity contribution in [3.05, 3.63) is 65.2 Å². The average Bonchev–Trinajstić information content (AvgIpc) is 2.74. The Morgan fingerprint density at radius 1 is 1.03 bits per heavy atom. The number of amides is 2. The number of anilines is 1. The standard InChI is InChI=1S/C22H27N3O4/c1-2-29-22(27)24-20-9-7-17(8-10-20)21(26)23-15-18-5-3-4-6-19(18)16-25-11-13-28-14-12-25/h3-10H,2,11-16H2,1H3,(H,23,26)(H,24,27)/p+1. The fourth-order valence-corrected chi connectivity index (χ4v) is 3.28. The van der Waals surface area contributed by atoms with E-state index in [1.165, 1.54) is 10.5 Å². The van der Waals surface area contributed by atoms with E-state index in [9.17, 15) is 9.59 Å². The second kappa shape index (κ2) is 10.6. The molecule has 0 saturated carbocycles. The summed E-state index contributed by atoms with van der Waals surface area (Å²) in [5.41, 5.74) is 3.49. The van der Waals surface area contributed by atoms with Crippen molar-refractivity contribution in [2.45, 2.75) is 20.0 Å². The van der Waals surface area contributed by atoms with Gasteiger partial charge in [-0.1, -0.05) is 24.3 Å². The Hall–Kier alpha value is -2.90. The summed E-state index contributed by atoms with van der Waals surface area (Å²) in [4.78, 5) is 25.5. The minimum absolute atomic E-state index is 0.152. The lowest BCUT2D eigenvalue weighted by atomic mass is 10.1. The summed E-state index contributed by atoms with van der Waals surface area (Å²) >= 11 is 0. The number of ether oxygens (including phenoxy) is 2. The van der Waals surface area contributed by atoms with Crippen molar-refractivity contribution in [3.8, 4) is 0 Å². The molecule has 1 saturated heterocycles. The summed E-state index contributed by atoms with van der Waals surface area (Å²) < 4.78 is 10.3. The molecule has 1 aliphatic heterocycles. The zero-order valence-electron chi connectivity index (χ0n) is 16.7. The Labute approximate surface area is 171 Å². The van der Waals surface area contributed by atoms with E-state index in [1.54, 1.807) is 31.2 Å². The molecule has 0 atom stereocenters. The molecule has 0 aliphatic carbocycles. The number of morpholine rings is 1. The van der Waals surface area contributed by atoms with Crippen molar-refractivity contribution in [1.82, 2.24) is 5.32 Å². The molecule has 0 aromatic heterocycles.